The van der Waals surface area contributed by atoms with E-state index in [-0.39, 0.29) is 6.54 Å². The molecule has 0 radical (unpaired) electrons. The summed E-state index contributed by atoms with van der Waals surface area (Å²) in [6.45, 7) is 5.32. The predicted molar refractivity (Wildman–Crippen MR) is 96.0 cm³/mol. The lowest BCUT2D eigenvalue weighted by Gasteiger charge is -2.11. The minimum Gasteiger partial charge on any atom is -0.397 e. The normalized spacial score (nSPS) is 18.0. The molecule has 1 aromatic carbocycles. The van der Waals surface area contributed by atoms with Gasteiger partial charge in [0.15, 0.2) is 5.82 Å². The van der Waals surface area contributed by atoms with E-state index in [0.29, 0.717) is 28.3 Å². The molecule has 0 unspecified atom stereocenters. The Kier molecular flexibility index (Phi) is 4.34. The summed E-state index contributed by atoms with van der Waals surface area (Å²) in [5.41, 5.74) is 10.7. The average Bonchev–Trinajstić information content (AvgIpc) is 2.59. The molecular formula is C17H16FN5O2. The van der Waals surface area contributed by atoms with E-state index in [4.69, 9.17) is 10.7 Å². The van der Waals surface area contributed by atoms with Crippen molar-refractivity contribution in [3.8, 4) is 0 Å². The van der Waals surface area contributed by atoms with E-state index >= 15 is 0 Å². The van der Waals surface area contributed by atoms with Crippen LogP contribution in [-0.2, 0) is 11.5 Å². The lowest BCUT2D eigenvalue weighted by molar-refractivity contribution is 0.208. The second-order valence-corrected chi connectivity index (χ2v) is 5.55. The van der Waals surface area contributed by atoms with Gasteiger partial charge in [-0.3, -0.25) is 14.7 Å². The number of allylic oxidation sites excluding steroid dienone is 1. The van der Waals surface area contributed by atoms with Gasteiger partial charge < -0.3 is 10.3 Å². The number of aliphatic imine (C=N–C) groups is 1. The molecule has 0 amide bonds. The maximum atomic E-state index is 14.1. The molecule has 128 valence electrons. The van der Waals surface area contributed by atoms with Gasteiger partial charge in [0.25, 0.3) is 5.56 Å². The fourth-order valence-electron chi connectivity index (χ4n) is 2.43. The Bertz CT molecular complexity index is 962. The van der Waals surface area contributed by atoms with Gasteiger partial charge in [-0.25, -0.2) is 4.39 Å². The Hall–Kier alpha value is -3.42. The summed E-state index contributed by atoms with van der Waals surface area (Å²) < 4.78 is 15.4. The molecular weight excluding hydrogens is 325 g/mol. The second-order valence-electron chi connectivity index (χ2n) is 5.55. The molecule has 8 heteroatoms. The largest absolute Gasteiger partial charge is 0.397 e. The Morgan fingerprint density at radius 2 is 2.24 bits per heavy atom. The first kappa shape index (κ1) is 16.4. The maximum Gasteiger partial charge on any atom is 0.286 e. The van der Waals surface area contributed by atoms with Gasteiger partial charge in [-0.15, -0.1) is 0 Å². The molecule has 3 N–H and O–H groups in total. The second kappa shape index (κ2) is 6.60. The van der Waals surface area contributed by atoms with Crippen molar-refractivity contribution in [2.24, 2.45) is 10.1 Å². The first-order valence-electron chi connectivity index (χ1n) is 7.41. The number of rotatable bonds is 1. The third-order valence-electron chi connectivity index (χ3n) is 3.67. The molecule has 2 heterocycles. The van der Waals surface area contributed by atoms with Crippen LogP contribution >= 0.6 is 0 Å². The van der Waals surface area contributed by atoms with E-state index in [1.165, 1.54) is 10.8 Å². The monoisotopic (exact) mass is 341 g/mol. The number of hydrogen-bond donors (Lipinski definition) is 2. The number of anilines is 2. The molecule has 0 atom stereocenters. The first-order chi connectivity index (χ1) is 12.0. The topological polar surface area (TPSA) is 94.0 Å². The third kappa shape index (κ3) is 3.42. The van der Waals surface area contributed by atoms with Crippen LogP contribution in [0.15, 0.2) is 51.5 Å². The highest BCUT2D eigenvalue weighted by Gasteiger charge is 2.12. The highest BCUT2D eigenvalue weighted by molar-refractivity contribution is 5.99. The molecule has 0 spiro atoms. The molecule has 1 aliphatic heterocycles. The number of aromatic nitrogens is 1. The van der Waals surface area contributed by atoms with Gasteiger partial charge in [0, 0.05) is 11.8 Å². The van der Waals surface area contributed by atoms with E-state index in [9.17, 15) is 9.18 Å². The van der Waals surface area contributed by atoms with Crippen LogP contribution in [0.2, 0.25) is 0 Å². The molecule has 0 saturated carbocycles. The summed E-state index contributed by atoms with van der Waals surface area (Å²) >= 11 is 0. The SMILES string of the molecule is C=N/C1=C\C(C)=N/ONc2cc(ccc2N)Cn2cc1cc(F)c2=O. The van der Waals surface area contributed by atoms with Crippen molar-refractivity contribution in [1.29, 1.82) is 0 Å². The number of fused-ring (bicyclic) bond motifs is 4. The first-order valence-corrected chi connectivity index (χ1v) is 7.41. The Morgan fingerprint density at radius 3 is 3.00 bits per heavy atom. The summed E-state index contributed by atoms with van der Waals surface area (Å²) in [7, 11) is 0. The van der Waals surface area contributed by atoms with Crippen LogP contribution in [0.3, 0.4) is 0 Å². The van der Waals surface area contributed by atoms with Crippen LogP contribution in [0.4, 0.5) is 15.8 Å². The highest BCUT2D eigenvalue weighted by atomic mass is 19.1. The van der Waals surface area contributed by atoms with Gasteiger partial charge in [-0.1, -0.05) is 11.2 Å². The van der Waals surface area contributed by atoms with Gasteiger partial charge in [0.05, 0.1) is 29.3 Å². The molecule has 4 bridgehead atoms. The summed E-state index contributed by atoms with van der Waals surface area (Å²) in [5.74, 6) is -0.874. The molecule has 3 rings (SSSR count). The van der Waals surface area contributed by atoms with Gasteiger partial charge >= 0.3 is 0 Å². The molecule has 25 heavy (non-hydrogen) atoms. The average molecular weight is 341 g/mol. The van der Waals surface area contributed by atoms with Crippen LogP contribution in [0, 0.1) is 5.82 Å². The van der Waals surface area contributed by atoms with Crippen molar-refractivity contribution >= 4 is 29.5 Å². The maximum absolute atomic E-state index is 14.1. The minimum atomic E-state index is -0.874. The molecule has 1 aliphatic rings. The lowest BCUT2D eigenvalue weighted by atomic mass is 10.1. The summed E-state index contributed by atoms with van der Waals surface area (Å²) in [6, 6.07) is 6.24. The third-order valence-corrected chi connectivity index (χ3v) is 3.67. The quantitative estimate of drug-likeness (QED) is 0.615. The number of nitrogen functional groups attached to an aromatic ring is 1. The number of oxime groups is 1. The van der Waals surface area contributed by atoms with Crippen LogP contribution < -0.4 is 16.8 Å². The van der Waals surface area contributed by atoms with Gasteiger partial charge in [0.1, 0.15) is 0 Å². The number of hydrogen-bond acceptors (Lipinski definition) is 6. The van der Waals surface area contributed by atoms with Crippen molar-refractivity contribution in [2.75, 3.05) is 11.2 Å². The molecule has 0 saturated heterocycles. The number of nitrogens with zero attached hydrogens (tertiary/aromatic N) is 3. The van der Waals surface area contributed by atoms with Crippen molar-refractivity contribution < 1.29 is 9.33 Å². The summed E-state index contributed by atoms with van der Waals surface area (Å²) in [5, 5.41) is 3.88. The van der Waals surface area contributed by atoms with Crippen LogP contribution in [-0.4, -0.2) is 17.0 Å². The van der Waals surface area contributed by atoms with Crippen LogP contribution in [0.5, 0.6) is 0 Å². The summed E-state index contributed by atoms with van der Waals surface area (Å²) in [6.07, 6.45) is 3.09. The number of benzene rings is 1. The Labute approximate surface area is 142 Å². The van der Waals surface area contributed by atoms with Gasteiger partial charge in [0.2, 0.25) is 0 Å². The standard InChI is InChI=1S/C17H16FN5O2/c1-10-5-15(20-2)12-7-13(18)17(24)23(9-12)8-11-3-4-14(19)16(6-11)22-25-21-10/h3-7,9,22H,2,8,19H2,1H3/b15-5-,21-10-. The molecule has 0 fully saturated rings. The van der Waals surface area contributed by atoms with E-state index < -0.39 is 11.4 Å². The van der Waals surface area contributed by atoms with Crippen molar-refractivity contribution in [3.05, 3.63) is 63.8 Å². The zero-order valence-electron chi connectivity index (χ0n) is 13.5. The zero-order chi connectivity index (χ0) is 18.0. The molecule has 1 aromatic heterocycles. The fraction of sp³-hybridized carbons (Fsp3) is 0.118. The lowest BCUT2D eigenvalue weighted by Crippen LogP contribution is -2.23. The molecule has 0 aliphatic carbocycles. The van der Waals surface area contributed by atoms with E-state index in [0.717, 1.165) is 11.6 Å². The van der Waals surface area contributed by atoms with E-state index in [1.54, 1.807) is 31.2 Å². The Balaban J connectivity index is 2.22. The van der Waals surface area contributed by atoms with Crippen LogP contribution in [0.1, 0.15) is 18.1 Å². The van der Waals surface area contributed by atoms with Crippen molar-refractivity contribution in [2.45, 2.75) is 13.5 Å². The van der Waals surface area contributed by atoms with Crippen molar-refractivity contribution in [1.82, 2.24) is 4.57 Å². The predicted octanol–water partition coefficient (Wildman–Crippen LogP) is 2.39. The smallest absolute Gasteiger partial charge is 0.286 e. The number of pyridine rings is 1. The Morgan fingerprint density at radius 1 is 1.44 bits per heavy atom. The van der Waals surface area contributed by atoms with Gasteiger partial charge in [-0.2, -0.15) is 5.48 Å². The zero-order valence-corrected chi connectivity index (χ0v) is 13.5. The summed E-state index contributed by atoms with van der Waals surface area (Å²) in [4.78, 5) is 21.1. The highest BCUT2D eigenvalue weighted by Crippen LogP contribution is 2.22. The van der Waals surface area contributed by atoms with Crippen LogP contribution in [0.25, 0.3) is 5.70 Å². The number of nitrogens with two attached hydrogens (primary N) is 1. The fourth-order valence-corrected chi connectivity index (χ4v) is 2.43. The van der Waals surface area contributed by atoms with E-state index in [1.807, 2.05) is 0 Å². The minimum absolute atomic E-state index is 0.156. The van der Waals surface area contributed by atoms with E-state index in [2.05, 4.69) is 22.3 Å². The number of halogens is 1. The van der Waals surface area contributed by atoms with Gasteiger partial charge in [-0.05, 0) is 43.5 Å². The number of nitrogens with one attached hydrogen (secondary N) is 1. The molecule has 2 aromatic rings. The van der Waals surface area contributed by atoms with Crippen molar-refractivity contribution in [3.63, 3.8) is 0 Å². The molecule has 7 nitrogen and oxygen atoms in total.